The molecule has 5 nitrogen and oxygen atoms in total. The fourth-order valence-corrected chi connectivity index (χ4v) is 6.09. The van der Waals surface area contributed by atoms with Gasteiger partial charge in [0.05, 0.1) is 17.9 Å². The minimum Gasteiger partial charge on any atom is -0.378 e. The van der Waals surface area contributed by atoms with Gasteiger partial charge in [-0.2, -0.15) is 0 Å². The molecule has 3 atom stereocenters. The molecule has 0 aromatic rings. The number of nitrogens with two attached hydrogens (primary N) is 1. The van der Waals surface area contributed by atoms with Gasteiger partial charge in [-0.25, -0.2) is 0 Å². The van der Waals surface area contributed by atoms with Crippen LogP contribution in [0.1, 0.15) is 32.6 Å². The summed E-state index contributed by atoms with van der Waals surface area (Å²) in [5.74, 6) is -0.473. The summed E-state index contributed by atoms with van der Waals surface area (Å²) < 4.78 is 24.4. The van der Waals surface area contributed by atoms with Crippen LogP contribution in [0.2, 0.25) is 0 Å². The molecule has 2 N–H and O–H groups in total. The van der Waals surface area contributed by atoms with Crippen LogP contribution in [0.3, 0.4) is 0 Å². The molecule has 0 saturated carbocycles. The highest BCUT2D eigenvalue weighted by Crippen LogP contribution is 2.53. The van der Waals surface area contributed by atoms with Crippen LogP contribution in [-0.4, -0.2) is 49.3 Å². The summed E-state index contributed by atoms with van der Waals surface area (Å²) >= 11 is 0. The first-order valence-corrected chi connectivity index (χ1v) is 9.26. The van der Waals surface area contributed by atoms with Gasteiger partial charge in [0.2, 0.25) is 5.91 Å². The zero-order valence-electron chi connectivity index (χ0n) is 11.5. The Morgan fingerprint density at radius 2 is 1.68 bits per heavy atom. The number of amides is 1. The quantitative estimate of drug-likeness (QED) is 0.753. The maximum absolute atomic E-state index is 13.2. The lowest BCUT2D eigenvalue weighted by molar-refractivity contribution is -0.117. The van der Waals surface area contributed by atoms with Crippen LogP contribution in [-0.2, 0) is 18.8 Å². The van der Waals surface area contributed by atoms with Crippen LogP contribution in [0, 0.1) is 0 Å². The molecular weight excluding hydrogens is 265 g/mol. The van der Waals surface area contributed by atoms with E-state index in [1.165, 1.54) is 0 Å². The van der Waals surface area contributed by atoms with Gasteiger partial charge in [-0.3, -0.25) is 4.79 Å². The smallest absolute Gasteiger partial charge is 0.227 e. The number of carbonyl (C=O) groups excluding carboxylic acids is 1. The van der Waals surface area contributed by atoms with Crippen LogP contribution in [0.25, 0.3) is 0 Å². The molecule has 19 heavy (non-hydrogen) atoms. The fraction of sp³-hybridized carbons (Fsp3) is 0.923. The van der Waals surface area contributed by atoms with Crippen molar-refractivity contribution in [2.75, 3.05) is 25.5 Å². The Kier molecular flexibility index (Phi) is 5.04. The molecule has 0 spiro atoms. The van der Waals surface area contributed by atoms with Gasteiger partial charge in [0, 0.05) is 25.5 Å². The first-order valence-electron chi connectivity index (χ1n) is 7.11. The number of primary amides is 1. The summed E-state index contributed by atoms with van der Waals surface area (Å²) in [6.45, 7) is 3.15. The molecule has 0 aliphatic carbocycles. The third kappa shape index (κ3) is 3.80. The average molecular weight is 289 g/mol. The SMILES string of the molecule is CC(C(N)=O)P(=O)(CC1CCCO1)CC1CCCO1. The molecule has 2 rings (SSSR count). The summed E-state index contributed by atoms with van der Waals surface area (Å²) in [6.07, 6.45) is 4.86. The van der Waals surface area contributed by atoms with Crippen LogP contribution < -0.4 is 5.73 Å². The second kappa shape index (κ2) is 6.38. The molecule has 2 aliphatic rings. The maximum atomic E-state index is 13.2. The molecule has 2 heterocycles. The van der Waals surface area contributed by atoms with E-state index in [1.807, 2.05) is 0 Å². The Balaban J connectivity index is 2.06. The molecule has 110 valence electrons. The molecule has 6 heteroatoms. The van der Waals surface area contributed by atoms with Crippen molar-refractivity contribution in [1.82, 2.24) is 0 Å². The van der Waals surface area contributed by atoms with E-state index in [9.17, 15) is 9.36 Å². The normalized spacial score (nSPS) is 32.1. The number of carbonyl (C=O) groups is 1. The first kappa shape index (κ1) is 15.0. The van der Waals surface area contributed by atoms with Crippen LogP contribution in [0.4, 0.5) is 0 Å². The molecule has 2 saturated heterocycles. The topological polar surface area (TPSA) is 78.6 Å². The van der Waals surface area contributed by atoms with Crippen molar-refractivity contribution >= 4 is 13.0 Å². The van der Waals surface area contributed by atoms with Crippen LogP contribution in [0.15, 0.2) is 0 Å². The van der Waals surface area contributed by atoms with Crippen molar-refractivity contribution < 1.29 is 18.8 Å². The highest BCUT2D eigenvalue weighted by molar-refractivity contribution is 7.65. The molecule has 2 fully saturated rings. The molecule has 0 bridgehead atoms. The van der Waals surface area contributed by atoms with Gasteiger partial charge in [-0.05, 0) is 32.6 Å². The van der Waals surface area contributed by atoms with Crippen molar-refractivity contribution in [3.63, 3.8) is 0 Å². The van der Waals surface area contributed by atoms with Gasteiger partial charge in [-0.1, -0.05) is 0 Å². The van der Waals surface area contributed by atoms with E-state index in [0.717, 1.165) is 38.9 Å². The lowest BCUT2D eigenvalue weighted by Gasteiger charge is -2.27. The molecule has 3 unspecified atom stereocenters. The summed E-state index contributed by atoms with van der Waals surface area (Å²) in [5, 5.41) is 0. The Morgan fingerprint density at radius 1 is 1.21 bits per heavy atom. The molecular formula is C13H24NO4P. The predicted octanol–water partition coefficient (Wildman–Crippen LogP) is 1.58. The molecule has 0 aromatic carbocycles. The van der Waals surface area contributed by atoms with Crippen molar-refractivity contribution in [2.24, 2.45) is 5.73 Å². The van der Waals surface area contributed by atoms with Crippen LogP contribution in [0.5, 0.6) is 0 Å². The summed E-state index contributed by atoms with van der Waals surface area (Å²) in [5.41, 5.74) is 4.80. The van der Waals surface area contributed by atoms with E-state index in [4.69, 9.17) is 15.2 Å². The lowest BCUT2D eigenvalue weighted by Crippen LogP contribution is -2.32. The van der Waals surface area contributed by atoms with Gasteiger partial charge in [0.25, 0.3) is 0 Å². The second-order valence-corrected chi connectivity index (χ2v) is 9.08. The highest BCUT2D eigenvalue weighted by atomic mass is 31.2. The first-order chi connectivity index (χ1) is 9.01. The average Bonchev–Trinajstić information content (AvgIpc) is 3.01. The largest absolute Gasteiger partial charge is 0.378 e. The Hall–Kier alpha value is -0.380. The van der Waals surface area contributed by atoms with Crippen molar-refractivity contribution in [3.8, 4) is 0 Å². The number of hydrogen-bond donors (Lipinski definition) is 1. The third-order valence-corrected chi connectivity index (χ3v) is 7.91. The summed E-state index contributed by atoms with van der Waals surface area (Å²) in [4.78, 5) is 11.5. The Bertz CT molecular complexity index is 340. The van der Waals surface area contributed by atoms with Gasteiger partial charge in [-0.15, -0.1) is 0 Å². The minimum atomic E-state index is -2.69. The Labute approximate surface area is 114 Å². The lowest BCUT2D eigenvalue weighted by atomic mass is 10.3. The van der Waals surface area contributed by atoms with E-state index in [-0.39, 0.29) is 12.2 Å². The van der Waals surface area contributed by atoms with Crippen molar-refractivity contribution in [3.05, 3.63) is 0 Å². The monoisotopic (exact) mass is 289 g/mol. The van der Waals surface area contributed by atoms with Crippen LogP contribution >= 0.6 is 7.14 Å². The van der Waals surface area contributed by atoms with Gasteiger partial charge < -0.3 is 19.8 Å². The number of hydrogen-bond acceptors (Lipinski definition) is 4. The van der Waals surface area contributed by atoms with E-state index in [2.05, 4.69) is 0 Å². The van der Waals surface area contributed by atoms with E-state index in [0.29, 0.717) is 12.3 Å². The summed E-state index contributed by atoms with van der Waals surface area (Å²) in [7, 11) is -2.69. The van der Waals surface area contributed by atoms with E-state index in [1.54, 1.807) is 6.92 Å². The summed E-state index contributed by atoms with van der Waals surface area (Å²) in [6, 6.07) is 0. The van der Waals surface area contributed by atoms with E-state index >= 15 is 0 Å². The zero-order valence-corrected chi connectivity index (χ0v) is 12.4. The van der Waals surface area contributed by atoms with Gasteiger partial charge in [0.1, 0.15) is 7.14 Å². The number of ether oxygens (including phenoxy) is 2. The third-order valence-electron chi connectivity index (χ3n) is 4.19. The van der Waals surface area contributed by atoms with Crippen molar-refractivity contribution in [1.29, 1.82) is 0 Å². The molecule has 2 aliphatic heterocycles. The van der Waals surface area contributed by atoms with Gasteiger partial charge >= 0.3 is 0 Å². The maximum Gasteiger partial charge on any atom is 0.227 e. The Morgan fingerprint density at radius 3 is 2.00 bits per heavy atom. The molecule has 1 amide bonds. The minimum absolute atomic E-state index is 0.0223. The predicted molar refractivity (Wildman–Crippen MR) is 73.9 cm³/mol. The standard InChI is InChI=1S/C13H24NO4P/c1-10(13(14)15)19(16,8-11-4-2-6-17-11)9-12-5-3-7-18-12/h10-12H,2-9H2,1H3,(H2,14,15). The second-order valence-electron chi connectivity index (χ2n) is 5.67. The molecule has 0 aromatic heterocycles. The highest BCUT2D eigenvalue weighted by Gasteiger charge is 2.39. The van der Waals surface area contributed by atoms with Gasteiger partial charge in [0.15, 0.2) is 0 Å². The number of rotatable bonds is 6. The fourth-order valence-electron chi connectivity index (χ4n) is 2.89. The van der Waals surface area contributed by atoms with E-state index < -0.39 is 18.7 Å². The van der Waals surface area contributed by atoms with Crippen molar-refractivity contribution in [2.45, 2.75) is 50.5 Å². The zero-order chi connectivity index (χ0) is 13.9. The molecule has 0 radical (unpaired) electrons.